The highest BCUT2D eigenvalue weighted by Gasteiger charge is 2.22. The molecule has 0 saturated carbocycles. The molecule has 0 bridgehead atoms. The molecule has 2 aromatic rings. The van der Waals surface area contributed by atoms with Gasteiger partial charge in [0, 0.05) is 5.56 Å². The van der Waals surface area contributed by atoms with E-state index in [4.69, 9.17) is 23.2 Å². The third-order valence-corrected chi connectivity index (χ3v) is 3.52. The van der Waals surface area contributed by atoms with Crippen molar-refractivity contribution in [1.29, 1.82) is 5.26 Å². The number of rotatable bonds is 3. The molecule has 0 heterocycles. The third-order valence-electron chi connectivity index (χ3n) is 2.78. The Balaban J connectivity index is 2.40. The number of Topliss-reactive ketones (excluding diaryl/α,β-unsaturated/α-hetero) is 1. The molecular weight excluding hydrogens is 300 g/mol. The van der Waals surface area contributed by atoms with Gasteiger partial charge in [-0.2, -0.15) is 5.26 Å². The molecule has 2 aromatic carbocycles. The van der Waals surface area contributed by atoms with Crippen LogP contribution in [0, 0.1) is 17.1 Å². The first kappa shape index (κ1) is 14.5. The van der Waals surface area contributed by atoms with E-state index in [9.17, 15) is 14.4 Å². The van der Waals surface area contributed by atoms with Gasteiger partial charge in [0.2, 0.25) is 0 Å². The molecule has 0 amide bonds. The van der Waals surface area contributed by atoms with Gasteiger partial charge in [-0.15, -0.1) is 0 Å². The number of benzene rings is 2. The molecule has 5 heteroatoms. The van der Waals surface area contributed by atoms with Crippen molar-refractivity contribution in [3.8, 4) is 6.07 Å². The Hall–Kier alpha value is -1.89. The molecule has 2 nitrogen and oxygen atoms in total. The largest absolute Gasteiger partial charge is 0.292 e. The van der Waals surface area contributed by atoms with Gasteiger partial charge >= 0.3 is 0 Å². The lowest BCUT2D eigenvalue weighted by atomic mass is 9.92. The van der Waals surface area contributed by atoms with Crippen LogP contribution in [0.4, 0.5) is 4.39 Å². The van der Waals surface area contributed by atoms with Crippen LogP contribution in [0.25, 0.3) is 0 Å². The van der Waals surface area contributed by atoms with Crippen LogP contribution in [0.5, 0.6) is 0 Å². The van der Waals surface area contributed by atoms with Crippen molar-refractivity contribution in [2.45, 2.75) is 5.92 Å². The average Bonchev–Trinajstić information content (AvgIpc) is 2.43. The second-order valence-corrected chi connectivity index (χ2v) is 4.92. The van der Waals surface area contributed by atoms with E-state index in [2.05, 4.69) is 0 Å². The van der Waals surface area contributed by atoms with E-state index in [0.717, 1.165) is 6.07 Å². The number of nitrogens with zero attached hydrogens (tertiary/aromatic N) is 1. The second-order valence-electron chi connectivity index (χ2n) is 4.11. The molecule has 20 heavy (non-hydrogen) atoms. The van der Waals surface area contributed by atoms with Crippen molar-refractivity contribution < 1.29 is 9.18 Å². The number of carbonyl (C=O) groups excluding carboxylic acids is 1. The highest BCUT2D eigenvalue weighted by Crippen LogP contribution is 2.28. The summed E-state index contributed by atoms with van der Waals surface area (Å²) in [6, 6.07) is 11.7. The molecule has 0 saturated heterocycles. The first-order valence-electron chi connectivity index (χ1n) is 5.67. The van der Waals surface area contributed by atoms with Crippen molar-refractivity contribution in [1.82, 2.24) is 0 Å². The lowest BCUT2D eigenvalue weighted by Crippen LogP contribution is -2.11. The van der Waals surface area contributed by atoms with E-state index < -0.39 is 17.5 Å². The van der Waals surface area contributed by atoms with E-state index in [1.807, 2.05) is 6.07 Å². The summed E-state index contributed by atoms with van der Waals surface area (Å²) >= 11 is 11.7. The van der Waals surface area contributed by atoms with Crippen LogP contribution in [0.1, 0.15) is 21.8 Å². The highest BCUT2D eigenvalue weighted by atomic mass is 35.5. The molecule has 0 aliphatic carbocycles. The minimum absolute atomic E-state index is 0.141. The van der Waals surface area contributed by atoms with Gasteiger partial charge < -0.3 is 0 Å². The number of hydrogen-bond donors (Lipinski definition) is 0. The van der Waals surface area contributed by atoms with Crippen LogP contribution < -0.4 is 0 Å². The number of nitriles is 1. The molecule has 0 aliphatic heterocycles. The van der Waals surface area contributed by atoms with Gasteiger partial charge in [0.25, 0.3) is 0 Å². The van der Waals surface area contributed by atoms with Crippen molar-refractivity contribution >= 4 is 29.0 Å². The fraction of sp³-hybridized carbons (Fsp3) is 0.0667. The number of ketones is 1. The lowest BCUT2D eigenvalue weighted by Gasteiger charge is -2.09. The minimum Gasteiger partial charge on any atom is -0.292 e. The Bertz CT molecular complexity index is 709. The van der Waals surface area contributed by atoms with Gasteiger partial charge in [0.05, 0.1) is 16.1 Å². The minimum atomic E-state index is -1.05. The zero-order chi connectivity index (χ0) is 14.7. The standard InChI is InChI=1S/C15H8Cl2FNO/c16-13-5-4-9(7-14(13)17)12(8-19)15(20)10-2-1-3-11(18)6-10/h1-7,12H. The summed E-state index contributed by atoms with van der Waals surface area (Å²) in [6.07, 6.45) is 0. The van der Waals surface area contributed by atoms with E-state index in [0.29, 0.717) is 10.6 Å². The van der Waals surface area contributed by atoms with Crippen LogP contribution in [-0.2, 0) is 0 Å². The molecule has 0 aromatic heterocycles. The summed E-state index contributed by atoms with van der Waals surface area (Å²) < 4.78 is 13.1. The summed E-state index contributed by atoms with van der Waals surface area (Å²) in [5, 5.41) is 9.80. The molecule has 0 radical (unpaired) electrons. The highest BCUT2D eigenvalue weighted by molar-refractivity contribution is 6.42. The maximum atomic E-state index is 13.1. The fourth-order valence-electron chi connectivity index (χ4n) is 1.78. The fourth-order valence-corrected chi connectivity index (χ4v) is 2.09. The second kappa shape index (κ2) is 6.04. The molecule has 0 aliphatic rings. The summed E-state index contributed by atoms with van der Waals surface area (Å²) in [7, 11) is 0. The maximum Gasteiger partial charge on any atom is 0.184 e. The van der Waals surface area contributed by atoms with Gasteiger partial charge in [-0.25, -0.2) is 4.39 Å². The number of hydrogen-bond acceptors (Lipinski definition) is 2. The summed E-state index contributed by atoms with van der Waals surface area (Å²) in [4.78, 5) is 12.3. The first-order valence-corrected chi connectivity index (χ1v) is 6.43. The van der Waals surface area contributed by atoms with Gasteiger partial charge in [-0.3, -0.25) is 4.79 Å². The van der Waals surface area contributed by atoms with E-state index in [1.54, 1.807) is 6.07 Å². The summed E-state index contributed by atoms with van der Waals surface area (Å²) in [5.74, 6) is -2.06. The van der Waals surface area contributed by atoms with Crippen LogP contribution >= 0.6 is 23.2 Å². The lowest BCUT2D eigenvalue weighted by molar-refractivity contribution is 0.0978. The maximum absolute atomic E-state index is 13.1. The molecule has 0 spiro atoms. The van der Waals surface area contributed by atoms with E-state index in [-0.39, 0.29) is 10.6 Å². The number of halogens is 3. The van der Waals surface area contributed by atoms with E-state index in [1.165, 1.54) is 30.3 Å². The normalized spacial score (nSPS) is 11.7. The summed E-state index contributed by atoms with van der Waals surface area (Å²) in [5.41, 5.74) is 0.568. The Morgan fingerprint density at radius 1 is 1.15 bits per heavy atom. The molecule has 0 N–H and O–H groups in total. The average molecular weight is 308 g/mol. The Morgan fingerprint density at radius 3 is 2.50 bits per heavy atom. The zero-order valence-corrected chi connectivity index (χ0v) is 11.6. The molecule has 0 fully saturated rings. The smallest absolute Gasteiger partial charge is 0.184 e. The van der Waals surface area contributed by atoms with Crippen LogP contribution in [0.2, 0.25) is 10.0 Å². The predicted octanol–water partition coefficient (Wildman–Crippen LogP) is 4.62. The topological polar surface area (TPSA) is 40.9 Å². The van der Waals surface area contributed by atoms with Gasteiger partial charge in [-0.05, 0) is 29.8 Å². The van der Waals surface area contributed by atoms with Crippen molar-refractivity contribution in [2.75, 3.05) is 0 Å². The van der Waals surface area contributed by atoms with Crippen LogP contribution in [0.15, 0.2) is 42.5 Å². The molecule has 2 rings (SSSR count). The van der Waals surface area contributed by atoms with Gasteiger partial charge in [-0.1, -0.05) is 41.4 Å². The van der Waals surface area contributed by atoms with Crippen molar-refractivity contribution in [2.24, 2.45) is 0 Å². The predicted molar refractivity (Wildman–Crippen MR) is 75.5 cm³/mol. The van der Waals surface area contributed by atoms with Crippen molar-refractivity contribution in [3.05, 3.63) is 69.5 Å². The zero-order valence-electron chi connectivity index (χ0n) is 10.1. The molecule has 1 unspecified atom stereocenters. The van der Waals surface area contributed by atoms with Crippen LogP contribution in [0.3, 0.4) is 0 Å². The Morgan fingerprint density at radius 2 is 1.90 bits per heavy atom. The molecular formula is C15H8Cl2FNO. The molecule has 1 atom stereocenters. The first-order chi connectivity index (χ1) is 9.52. The monoisotopic (exact) mass is 307 g/mol. The Kier molecular flexibility index (Phi) is 4.39. The van der Waals surface area contributed by atoms with Crippen LogP contribution in [-0.4, -0.2) is 5.78 Å². The summed E-state index contributed by atoms with van der Waals surface area (Å²) in [6.45, 7) is 0. The SMILES string of the molecule is N#CC(C(=O)c1cccc(F)c1)c1ccc(Cl)c(Cl)c1. The Labute approximate surface area is 125 Å². The van der Waals surface area contributed by atoms with Gasteiger partial charge in [0.1, 0.15) is 11.7 Å². The van der Waals surface area contributed by atoms with Crippen molar-refractivity contribution in [3.63, 3.8) is 0 Å². The third kappa shape index (κ3) is 2.98. The quantitative estimate of drug-likeness (QED) is 0.776. The van der Waals surface area contributed by atoms with Gasteiger partial charge in [0.15, 0.2) is 5.78 Å². The molecule has 100 valence electrons. The van der Waals surface area contributed by atoms with E-state index >= 15 is 0 Å². The number of carbonyl (C=O) groups is 1.